The highest BCUT2D eigenvalue weighted by Gasteiger charge is 2.24. The number of hydrogen-bond donors (Lipinski definition) is 1. The van der Waals surface area contributed by atoms with Gasteiger partial charge in [-0.25, -0.2) is 0 Å². The summed E-state index contributed by atoms with van der Waals surface area (Å²) in [4.78, 5) is 12.3. The minimum absolute atomic E-state index is 0.100. The fraction of sp³-hybridized carbons (Fsp3) is 0.500. The molecular weight excluding hydrogens is 310 g/mol. The van der Waals surface area contributed by atoms with E-state index in [-0.39, 0.29) is 11.9 Å². The molecule has 1 heterocycles. The second kappa shape index (κ2) is 6.39. The largest absolute Gasteiger partial charge is 0.496 e. The lowest BCUT2D eigenvalue weighted by molar-refractivity contribution is 0.0919. The summed E-state index contributed by atoms with van der Waals surface area (Å²) in [5, 5.41) is 3.02. The van der Waals surface area contributed by atoms with E-state index in [1.807, 2.05) is 13.0 Å². The van der Waals surface area contributed by atoms with Crippen LogP contribution in [0.5, 0.6) is 5.75 Å². The second-order valence-electron chi connectivity index (χ2n) is 4.73. The van der Waals surface area contributed by atoms with Crippen molar-refractivity contribution in [2.45, 2.75) is 19.4 Å². The van der Waals surface area contributed by atoms with Gasteiger partial charge in [0, 0.05) is 23.0 Å². The van der Waals surface area contributed by atoms with Crippen LogP contribution in [0.2, 0.25) is 0 Å². The normalized spacial score (nSPS) is 20.1. The minimum Gasteiger partial charge on any atom is -0.496 e. The van der Waals surface area contributed by atoms with Crippen LogP contribution in [-0.2, 0) is 4.74 Å². The average molecular weight is 328 g/mol. The molecule has 0 spiro atoms. The molecule has 1 aliphatic rings. The van der Waals surface area contributed by atoms with E-state index in [2.05, 4.69) is 21.2 Å². The van der Waals surface area contributed by atoms with Gasteiger partial charge in [0.25, 0.3) is 5.91 Å². The minimum atomic E-state index is -0.108. The molecule has 0 saturated carbocycles. The first-order chi connectivity index (χ1) is 9.11. The number of methoxy groups -OCH3 is 1. The number of carbonyl (C=O) groups is 1. The molecule has 2 rings (SSSR count). The summed E-state index contributed by atoms with van der Waals surface area (Å²) in [6.45, 7) is 3.52. The molecule has 1 aromatic rings. The van der Waals surface area contributed by atoms with Gasteiger partial charge in [-0.2, -0.15) is 0 Å². The Morgan fingerprint density at radius 2 is 2.37 bits per heavy atom. The smallest absolute Gasteiger partial charge is 0.255 e. The van der Waals surface area contributed by atoms with Crippen LogP contribution in [0.15, 0.2) is 22.7 Å². The summed E-state index contributed by atoms with van der Waals surface area (Å²) in [6, 6.07) is 5.48. The Morgan fingerprint density at radius 3 is 3.00 bits per heavy atom. The van der Waals surface area contributed by atoms with Crippen LogP contribution in [-0.4, -0.2) is 32.3 Å². The summed E-state index contributed by atoms with van der Waals surface area (Å²) in [5.74, 6) is 0.857. The highest BCUT2D eigenvalue weighted by atomic mass is 79.9. The Balaban J connectivity index is 2.06. The first-order valence-electron chi connectivity index (χ1n) is 6.34. The average Bonchev–Trinajstić information content (AvgIpc) is 2.92. The van der Waals surface area contributed by atoms with Crippen molar-refractivity contribution in [1.82, 2.24) is 5.32 Å². The van der Waals surface area contributed by atoms with Crippen LogP contribution in [0.25, 0.3) is 0 Å². The predicted molar refractivity (Wildman–Crippen MR) is 76.5 cm³/mol. The molecule has 2 atom stereocenters. The van der Waals surface area contributed by atoms with Gasteiger partial charge >= 0.3 is 0 Å². The summed E-state index contributed by atoms with van der Waals surface area (Å²) < 4.78 is 11.5. The summed E-state index contributed by atoms with van der Waals surface area (Å²) in [7, 11) is 1.56. The van der Waals surface area contributed by atoms with Crippen LogP contribution in [0.4, 0.5) is 0 Å². The van der Waals surface area contributed by atoms with Gasteiger partial charge < -0.3 is 14.8 Å². The van der Waals surface area contributed by atoms with Gasteiger partial charge in [0.15, 0.2) is 0 Å². The maximum atomic E-state index is 12.3. The molecule has 104 valence electrons. The molecule has 0 radical (unpaired) electrons. The van der Waals surface area contributed by atoms with Crippen molar-refractivity contribution in [3.63, 3.8) is 0 Å². The number of benzene rings is 1. The van der Waals surface area contributed by atoms with Crippen molar-refractivity contribution in [3.05, 3.63) is 28.2 Å². The molecule has 0 aromatic heterocycles. The van der Waals surface area contributed by atoms with Crippen LogP contribution < -0.4 is 10.1 Å². The van der Waals surface area contributed by atoms with Crippen LogP contribution in [0, 0.1) is 5.92 Å². The lowest BCUT2D eigenvalue weighted by Crippen LogP contribution is -2.38. The van der Waals surface area contributed by atoms with E-state index in [1.165, 1.54) is 0 Å². The number of amides is 1. The van der Waals surface area contributed by atoms with Gasteiger partial charge in [-0.1, -0.05) is 15.9 Å². The topological polar surface area (TPSA) is 47.6 Å². The van der Waals surface area contributed by atoms with Gasteiger partial charge in [-0.15, -0.1) is 0 Å². The molecule has 1 fully saturated rings. The summed E-state index contributed by atoms with van der Waals surface area (Å²) in [6.07, 6.45) is 0.999. The Hall–Kier alpha value is -1.07. The third-order valence-corrected chi connectivity index (χ3v) is 3.93. The Kier molecular flexibility index (Phi) is 4.82. The first kappa shape index (κ1) is 14.3. The van der Waals surface area contributed by atoms with E-state index in [0.717, 1.165) is 24.1 Å². The molecular formula is C14H18BrNO3. The number of carbonyl (C=O) groups excluding carboxylic acids is 1. The quantitative estimate of drug-likeness (QED) is 0.924. The van der Waals surface area contributed by atoms with Gasteiger partial charge in [0.2, 0.25) is 0 Å². The molecule has 1 amide bonds. The van der Waals surface area contributed by atoms with E-state index in [0.29, 0.717) is 17.2 Å². The van der Waals surface area contributed by atoms with Crippen LogP contribution in [0.3, 0.4) is 0 Å². The maximum Gasteiger partial charge on any atom is 0.255 e. The van der Waals surface area contributed by atoms with Crippen molar-refractivity contribution >= 4 is 21.8 Å². The SMILES string of the molecule is COc1cc(Br)ccc1C(=O)NC(C)C1CCOC1. The Morgan fingerprint density at radius 1 is 1.58 bits per heavy atom. The molecule has 5 heteroatoms. The van der Waals surface area contributed by atoms with Gasteiger partial charge in [-0.3, -0.25) is 4.79 Å². The van der Waals surface area contributed by atoms with Crippen LogP contribution in [0.1, 0.15) is 23.7 Å². The fourth-order valence-corrected chi connectivity index (χ4v) is 2.54. The second-order valence-corrected chi connectivity index (χ2v) is 5.65. The Bertz CT molecular complexity index is 458. The number of halogens is 1. The van der Waals surface area contributed by atoms with Gasteiger partial charge in [-0.05, 0) is 31.5 Å². The van der Waals surface area contributed by atoms with Crippen molar-refractivity contribution in [1.29, 1.82) is 0 Å². The Labute approximate surface area is 121 Å². The lowest BCUT2D eigenvalue weighted by atomic mass is 10.0. The van der Waals surface area contributed by atoms with Gasteiger partial charge in [0.1, 0.15) is 5.75 Å². The molecule has 1 aliphatic heterocycles. The third-order valence-electron chi connectivity index (χ3n) is 3.44. The molecule has 4 nitrogen and oxygen atoms in total. The fourth-order valence-electron chi connectivity index (χ4n) is 2.20. The van der Waals surface area contributed by atoms with E-state index >= 15 is 0 Å². The van der Waals surface area contributed by atoms with Crippen molar-refractivity contribution in [2.24, 2.45) is 5.92 Å². The molecule has 0 bridgehead atoms. The van der Waals surface area contributed by atoms with Crippen molar-refractivity contribution in [3.8, 4) is 5.75 Å². The third kappa shape index (κ3) is 3.48. The predicted octanol–water partition coefficient (Wildman–Crippen LogP) is 2.61. The highest BCUT2D eigenvalue weighted by molar-refractivity contribution is 9.10. The standard InChI is InChI=1S/C14H18BrNO3/c1-9(10-5-6-19-8-10)16-14(17)12-4-3-11(15)7-13(12)18-2/h3-4,7,9-10H,5-6,8H2,1-2H3,(H,16,17). The molecule has 2 unspecified atom stereocenters. The zero-order valence-electron chi connectivity index (χ0n) is 11.1. The van der Waals surface area contributed by atoms with E-state index in [9.17, 15) is 4.79 Å². The van der Waals surface area contributed by atoms with E-state index < -0.39 is 0 Å². The van der Waals surface area contributed by atoms with Crippen molar-refractivity contribution in [2.75, 3.05) is 20.3 Å². The number of hydrogen-bond acceptors (Lipinski definition) is 3. The van der Waals surface area contributed by atoms with E-state index in [4.69, 9.17) is 9.47 Å². The zero-order chi connectivity index (χ0) is 13.8. The van der Waals surface area contributed by atoms with Gasteiger partial charge in [0.05, 0.1) is 19.3 Å². The lowest BCUT2D eigenvalue weighted by Gasteiger charge is -2.20. The first-order valence-corrected chi connectivity index (χ1v) is 7.13. The molecule has 1 aromatic carbocycles. The zero-order valence-corrected chi connectivity index (χ0v) is 12.7. The number of ether oxygens (including phenoxy) is 2. The molecule has 1 N–H and O–H groups in total. The monoisotopic (exact) mass is 327 g/mol. The summed E-state index contributed by atoms with van der Waals surface area (Å²) >= 11 is 3.36. The molecule has 19 heavy (non-hydrogen) atoms. The highest BCUT2D eigenvalue weighted by Crippen LogP contribution is 2.24. The molecule has 1 saturated heterocycles. The summed E-state index contributed by atoms with van der Waals surface area (Å²) in [5.41, 5.74) is 0.552. The maximum absolute atomic E-state index is 12.3. The van der Waals surface area contributed by atoms with E-state index in [1.54, 1.807) is 19.2 Å². The number of rotatable bonds is 4. The van der Waals surface area contributed by atoms with Crippen molar-refractivity contribution < 1.29 is 14.3 Å². The molecule has 0 aliphatic carbocycles. The van der Waals surface area contributed by atoms with Crippen LogP contribution >= 0.6 is 15.9 Å². The number of nitrogens with one attached hydrogen (secondary N) is 1.